The molecule has 0 saturated heterocycles. The Labute approximate surface area is 321 Å². The summed E-state index contributed by atoms with van der Waals surface area (Å²) in [7, 11) is 0.799. The van der Waals surface area contributed by atoms with Crippen LogP contribution in [0, 0.1) is 13.8 Å². The Bertz CT molecular complexity index is 1560. The van der Waals surface area contributed by atoms with E-state index in [0.29, 0.717) is 48.7 Å². The summed E-state index contributed by atoms with van der Waals surface area (Å²) in [4.78, 5) is 24.7. The summed E-state index contributed by atoms with van der Waals surface area (Å²) in [5, 5.41) is 10.1. The fourth-order valence-electron chi connectivity index (χ4n) is 5.93. The van der Waals surface area contributed by atoms with Crippen LogP contribution in [0.4, 0.5) is 0 Å². The molecule has 0 aromatic heterocycles. The number of ether oxygens (including phenoxy) is 6. The number of rotatable bonds is 16. The second-order valence-electron chi connectivity index (χ2n) is 15.9. The summed E-state index contributed by atoms with van der Waals surface area (Å²) in [6.07, 6.45) is 5.27. The minimum absolute atomic E-state index is 0.0000939. The van der Waals surface area contributed by atoms with Gasteiger partial charge >= 0.3 is 11.9 Å². The van der Waals surface area contributed by atoms with Crippen molar-refractivity contribution in [1.29, 1.82) is 0 Å². The highest BCUT2D eigenvalue weighted by Gasteiger charge is 2.34. The van der Waals surface area contributed by atoms with Crippen LogP contribution in [0.5, 0.6) is 23.0 Å². The van der Waals surface area contributed by atoms with Gasteiger partial charge in [0.1, 0.15) is 47.3 Å². The van der Waals surface area contributed by atoms with E-state index in [2.05, 4.69) is 68.2 Å². The molecule has 0 saturated carbocycles. The summed E-state index contributed by atoms with van der Waals surface area (Å²) in [5.41, 5.74) is 8.58. The molecule has 0 fully saturated rings. The number of alkyl halides is 1. The summed E-state index contributed by atoms with van der Waals surface area (Å²) in [6.45, 7) is 23.4. The van der Waals surface area contributed by atoms with Crippen LogP contribution >= 0.6 is 15.9 Å². The summed E-state index contributed by atoms with van der Waals surface area (Å²) in [6, 6.07) is 2.03. The number of allylic oxidation sites excluding steroid dienone is 3. The second-order valence-corrected chi connectivity index (χ2v) is 27.7. The zero-order valence-electron chi connectivity index (χ0n) is 33.3. The van der Waals surface area contributed by atoms with Crippen molar-refractivity contribution in [3.8, 4) is 23.0 Å². The Balaban J connectivity index is 0.000000280. The van der Waals surface area contributed by atoms with Gasteiger partial charge in [0.25, 0.3) is 0 Å². The molecule has 0 amide bonds. The van der Waals surface area contributed by atoms with Gasteiger partial charge in [-0.15, -0.1) is 0 Å². The molecule has 2 aromatic carbocycles. The number of cyclic esters (lactones) is 2. The normalized spacial score (nSPS) is 14.3. The Kier molecular flexibility index (Phi) is 15.7. The van der Waals surface area contributed by atoms with Gasteiger partial charge in [-0.3, -0.25) is 0 Å². The van der Waals surface area contributed by atoms with Gasteiger partial charge in [0.05, 0.1) is 34.0 Å². The zero-order valence-corrected chi connectivity index (χ0v) is 36.9. The van der Waals surface area contributed by atoms with E-state index in [4.69, 9.17) is 28.4 Å². The first-order chi connectivity index (χ1) is 24.4. The molecule has 0 radical (unpaired) electrons. The zero-order chi connectivity index (χ0) is 39.0. The molecular weight excluding hydrogens is 761 g/mol. The number of hydrogen-bond acceptors (Lipinski definition) is 9. The third-order valence-electron chi connectivity index (χ3n) is 9.22. The molecule has 0 atom stereocenters. The van der Waals surface area contributed by atoms with Crippen molar-refractivity contribution in [2.45, 2.75) is 105 Å². The van der Waals surface area contributed by atoms with Gasteiger partial charge in [0.15, 0.2) is 0 Å². The number of fused-ring (bicyclic) bond motifs is 2. The van der Waals surface area contributed by atoms with Crippen LogP contribution < -0.4 is 18.9 Å². The van der Waals surface area contributed by atoms with Crippen LogP contribution in [0.1, 0.15) is 67.9 Å². The van der Waals surface area contributed by atoms with Gasteiger partial charge in [-0.1, -0.05) is 78.5 Å². The Morgan fingerprint density at radius 2 is 1.10 bits per heavy atom. The van der Waals surface area contributed by atoms with E-state index >= 15 is 0 Å². The molecule has 0 spiro atoms. The predicted molar refractivity (Wildman–Crippen MR) is 217 cm³/mol. The average molecular weight is 820 g/mol. The van der Waals surface area contributed by atoms with Gasteiger partial charge in [0, 0.05) is 43.7 Å². The van der Waals surface area contributed by atoms with Crippen LogP contribution in [0.25, 0.3) is 0 Å². The lowest BCUT2D eigenvalue weighted by Crippen LogP contribution is -2.23. The van der Waals surface area contributed by atoms with Crippen molar-refractivity contribution in [1.82, 2.24) is 0 Å². The fraction of sp³-hybridized carbons (Fsp3) is 0.550. The van der Waals surface area contributed by atoms with E-state index in [-0.39, 0.29) is 31.8 Å². The first kappa shape index (κ1) is 43.3. The van der Waals surface area contributed by atoms with E-state index in [9.17, 15) is 14.7 Å². The van der Waals surface area contributed by atoms with Crippen LogP contribution in [0.15, 0.2) is 23.3 Å². The maximum atomic E-state index is 12.4. The number of carbonyl (C=O) groups is 2. The third-order valence-corrected chi connectivity index (χ3v) is 13.5. The highest BCUT2D eigenvalue weighted by atomic mass is 79.9. The standard InChI is InChI=1S/C20H29BrO4Si.C20H30O5Si/c2*1-13(11-21)7-8-15-18(23-3)14(2)16-12-25-20(22)17(16)19(15)24-9-10-26(4,5)6/h7H,8-12H2,1-6H3;7,21H,8-12H2,1-6H3/b2*13-7+. The molecule has 2 aliphatic rings. The van der Waals surface area contributed by atoms with Gasteiger partial charge in [-0.05, 0) is 63.8 Å². The monoisotopic (exact) mass is 818 g/mol. The minimum Gasteiger partial charge on any atom is -0.496 e. The maximum absolute atomic E-state index is 12.4. The molecule has 0 bridgehead atoms. The first-order valence-corrected chi connectivity index (χ1v) is 26.4. The lowest BCUT2D eigenvalue weighted by atomic mass is 9.95. The molecule has 9 nitrogen and oxygen atoms in total. The number of aliphatic hydroxyl groups is 1. The van der Waals surface area contributed by atoms with Gasteiger partial charge in [-0.2, -0.15) is 0 Å². The number of esters is 2. The summed E-state index contributed by atoms with van der Waals surface area (Å²) in [5.74, 6) is 2.11. The highest BCUT2D eigenvalue weighted by Crippen LogP contribution is 2.44. The maximum Gasteiger partial charge on any atom is 0.342 e. The summed E-state index contributed by atoms with van der Waals surface area (Å²) >= 11 is 3.48. The number of methoxy groups -OCH3 is 2. The van der Waals surface area contributed by atoms with Crippen LogP contribution in [0.2, 0.25) is 51.4 Å². The SMILES string of the molecule is COc1c(C)c2c(c(OCC[Si](C)(C)C)c1C/C=C(\C)CBr)C(=O)OC2.COc1c(C)c2c(c(OCC[Si](C)(C)C)c1C/C=C(\C)CO)C(=O)OC2. The second kappa shape index (κ2) is 18.8. The molecule has 2 aliphatic heterocycles. The largest absolute Gasteiger partial charge is 0.496 e. The molecule has 1 N–H and O–H groups in total. The van der Waals surface area contributed by atoms with E-state index in [1.54, 1.807) is 14.2 Å². The topological polar surface area (TPSA) is 110 Å². The highest BCUT2D eigenvalue weighted by molar-refractivity contribution is 9.09. The fourth-order valence-corrected chi connectivity index (χ4v) is 7.59. The quantitative estimate of drug-likeness (QED) is 0.0768. The van der Waals surface area contributed by atoms with Gasteiger partial charge in [0.2, 0.25) is 0 Å². The molecule has 0 aliphatic carbocycles. The minimum atomic E-state index is -1.26. The summed E-state index contributed by atoms with van der Waals surface area (Å²) < 4.78 is 34.3. The van der Waals surface area contributed by atoms with Crippen molar-refractivity contribution in [2.75, 3.05) is 39.4 Å². The Morgan fingerprint density at radius 1 is 0.712 bits per heavy atom. The predicted octanol–water partition coefficient (Wildman–Crippen LogP) is 9.15. The van der Waals surface area contributed by atoms with E-state index in [1.165, 1.54) is 5.57 Å². The lowest BCUT2D eigenvalue weighted by Gasteiger charge is -2.21. The number of carbonyl (C=O) groups excluding carboxylic acids is 2. The number of hydrogen-bond donors (Lipinski definition) is 1. The van der Waals surface area contributed by atoms with Crippen LogP contribution in [-0.4, -0.2) is 72.6 Å². The van der Waals surface area contributed by atoms with E-state index < -0.39 is 16.1 Å². The Morgan fingerprint density at radius 3 is 1.42 bits per heavy atom. The van der Waals surface area contributed by atoms with Crippen molar-refractivity contribution < 1.29 is 43.1 Å². The molecular formula is C40H59BrO9Si2. The smallest absolute Gasteiger partial charge is 0.342 e. The van der Waals surface area contributed by atoms with Crippen LogP contribution in [0.3, 0.4) is 0 Å². The van der Waals surface area contributed by atoms with Crippen molar-refractivity contribution in [3.63, 3.8) is 0 Å². The van der Waals surface area contributed by atoms with Gasteiger partial charge < -0.3 is 33.5 Å². The number of aliphatic hydroxyl groups excluding tert-OH is 1. The van der Waals surface area contributed by atoms with Crippen molar-refractivity contribution >= 4 is 44.0 Å². The molecule has 52 heavy (non-hydrogen) atoms. The van der Waals surface area contributed by atoms with Crippen LogP contribution in [-0.2, 0) is 35.5 Å². The lowest BCUT2D eigenvalue weighted by molar-refractivity contribution is 0.0522. The number of halogens is 1. The average Bonchev–Trinajstić information content (AvgIpc) is 3.66. The third kappa shape index (κ3) is 11.0. The molecule has 2 heterocycles. The van der Waals surface area contributed by atoms with Crippen molar-refractivity contribution in [2.24, 2.45) is 0 Å². The first-order valence-electron chi connectivity index (χ1n) is 17.9. The Hall–Kier alpha value is -3.07. The number of benzene rings is 2. The van der Waals surface area contributed by atoms with E-state index in [1.807, 2.05) is 26.8 Å². The van der Waals surface area contributed by atoms with E-state index in [0.717, 1.165) is 67.9 Å². The molecule has 2 aromatic rings. The molecule has 4 rings (SSSR count). The van der Waals surface area contributed by atoms with Gasteiger partial charge in [-0.25, -0.2) is 9.59 Å². The molecule has 12 heteroatoms. The molecule has 288 valence electrons. The molecule has 0 unspecified atom stereocenters. The van der Waals surface area contributed by atoms with Crippen molar-refractivity contribution in [3.05, 3.63) is 67.8 Å².